The van der Waals surface area contributed by atoms with Gasteiger partial charge in [-0.3, -0.25) is 4.79 Å². The van der Waals surface area contributed by atoms with Crippen LogP contribution in [-0.4, -0.2) is 17.7 Å². The molecule has 21 heavy (non-hydrogen) atoms. The number of fused-ring (bicyclic) bond motifs is 1. The van der Waals surface area contributed by atoms with E-state index in [1.165, 1.54) is 5.56 Å². The van der Waals surface area contributed by atoms with Gasteiger partial charge in [-0.25, -0.2) is 0 Å². The molecule has 1 N–H and O–H groups in total. The summed E-state index contributed by atoms with van der Waals surface area (Å²) in [4.78, 5) is 11.3. The van der Waals surface area contributed by atoms with Gasteiger partial charge in [0, 0.05) is 0 Å². The molecular formula is C18H18O3. The van der Waals surface area contributed by atoms with Gasteiger partial charge in [0.25, 0.3) is 0 Å². The van der Waals surface area contributed by atoms with E-state index in [1.54, 1.807) is 0 Å². The second-order valence-electron chi connectivity index (χ2n) is 5.56. The number of rotatable bonds is 2. The molecule has 0 saturated heterocycles. The van der Waals surface area contributed by atoms with Gasteiger partial charge >= 0.3 is 5.97 Å². The molecule has 0 bridgehead atoms. The van der Waals surface area contributed by atoms with Crippen molar-refractivity contribution in [1.29, 1.82) is 0 Å². The second kappa shape index (κ2) is 5.60. The van der Waals surface area contributed by atoms with E-state index >= 15 is 0 Å². The summed E-state index contributed by atoms with van der Waals surface area (Å²) in [5, 5.41) is 9.25. The van der Waals surface area contributed by atoms with Crippen LogP contribution >= 0.6 is 0 Å². The van der Waals surface area contributed by atoms with Crippen LogP contribution in [0.4, 0.5) is 0 Å². The molecule has 1 aliphatic rings. The lowest BCUT2D eigenvalue weighted by Gasteiger charge is -2.10. The summed E-state index contributed by atoms with van der Waals surface area (Å²) in [6.07, 6.45) is 1.09. The Hall–Kier alpha value is -2.29. The number of aliphatic carboxylic acids is 1. The Labute approximate surface area is 124 Å². The van der Waals surface area contributed by atoms with Crippen LogP contribution in [0.2, 0.25) is 0 Å². The van der Waals surface area contributed by atoms with Crippen LogP contribution in [0.3, 0.4) is 0 Å². The van der Waals surface area contributed by atoms with Gasteiger partial charge < -0.3 is 9.84 Å². The van der Waals surface area contributed by atoms with Crippen molar-refractivity contribution in [2.75, 3.05) is 6.61 Å². The summed E-state index contributed by atoms with van der Waals surface area (Å²) in [7, 11) is 0. The molecule has 2 aromatic rings. The first-order valence-electron chi connectivity index (χ1n) is 7.19. The first-order valence-corrected chi connectivity index (χ1v) is 7.19. The number of hydrogen-bond acceptors (Lipinski definition) is 2. The highest BCUT2D eigenvalue weighted by atomic mass is 16.5. The van der Waals surface area contributed by atoms with Crippen molar-refractivity contribution < 1.29 is 14.6 Å². The molecule has 0 saturated carbocycles. The molecule has 0 spiro atoms. The first kappa shape index (κ1) is 13.7. The van der Waals surface area contributed by atoms with E-state index in [4.69, 9.17) is 4.74 Å². The molecule has 3 rings (SSSR count). The van der Waals surface area contributed by atoms with Crippen LogP contribution < -0.4 is 4.74 Å². The van der Waals surface area contributed by atoms with Gasteiger partial charge in [-0.15, -0.1) is 0 Å². The summed E-state index contributed by atoms with van der Waals surface area (Å²) in [6, 6.07) is 14.4. The zero-order valence-electron chi connectivity index (χ0n) is 12.0. The molecule has 3 heteroatoms. The van der Waals surface area contributed by atoms with E-state index in [2.05, 4.69) is 37.3 Å². The van der Waals surface area contributed by atoms with Crippen LogP contribution in [0.5, 0.6) is 5.75 Å². The van der Waals surface area contributed by atoms with E-state index in [1.807, 2.05) is 12.1 Å². The lowest BCUT2D eigenvalue weighted by atomic mass is 9.94. The van der Waals surface area contributed by atoms with Crippen molar-refractivity contribution in [3.63, 3.8) is 0 Å². The largest absolute Gasteiger partial charge is 0.493 e. The minimum atomic E-state index is -0.743. The highest BCUT2D eigenvalue weighted by molar-refractivity contribution is 5.71. The van der Waals surface area contributed by atoms with Crippen LogP contribution in [0.25, 0.3) is 11.1 Å². The molecule has 0 aromatic heterocycles. The third-order valence-electron chi connectivity index (χ3n) is 3.98. The molecule has 0 fully saturated rings. The molecule has 2 aromatic carbocycles. The Morgan fingerprint density at radius 1 is 1.14 bits per heavy atom. The number of carboxylic acid groups (broad SMARTS) is 1. The maximum Gasteiger partial charge on any atom is 0.306 e. The van der Waals surface area contributed by atoms with Crippen molar-refractivity contribution >= 4 is 5.97 Å². The van der Waals surface area contributed by atoms with E-state index in [0.29, 0.717) is 19.4 Å². The topological polar surface area (TPSA) is 46.5 Å². The fraction of sp³-hybridized carbons (Fsp3) is 0.278. The summed E-state index contributed by atoms with van der Waals surface area (Å²) in [5.41, 5.74) is 4.45. The number of hydrogen-bond donors (Lipinski definition) is 1. The average Bonchev–Trinajstić information content (AvgIpc) is 2.69. The highest BCUT2D eigenvalue weighted by Crippen LogP contribution is 2.31. The molecular weight excluding hydrogens is 264 g/mol. The third-order valence-corrected chi connectivity index (χ3v) is 3.98. The zero-order valence-corrected chi connectivity index (χ0v) is 12.0. The van der Waals surface area contributed by atoms with Gasteiger partial charge in [0.1, 0.15) is 5.75 Å². The van der Waals surface area contributed by atoms with Gasteiger partial charge in [-0.1, -0.05) is 35.9 Å². The normalized spacial score (nSPS) is 17.5. The van der Waals surface area contributed by atoms with Gasteiger partial charge in [-0.2, -0.15) is 0 Å². The molecule has 0 aliphatic carbocycles. The zero-order chi connectivity index (χ0) is 14.8. The monoisotopic (exact) mass is 282 g/mol. The van der Waals surface area contributed by atoms with E-state index in [0.717, 1.165) is 22.4 Å². The highest BCUT2D eigenvalue weighted by Gasteiger charge is 2.23. The van der Waals surface area contributed by atoms with Gasteiger partial charge in [0.2, 0.25) is 0 Å². The first-order chi connectivity index (χ1) is 10.1. The van der Waals surface area contributed by atoms with Crippen molar-refractivity contribution in [2.45, 2.75) is 19.8 Å². The summed E-state index contributed by atoms with van der Waals surface area (Å²) >= 11 is 0. The van der Waals surface area contributed by atoms with Crippen LogP contribution in [-0.2, 0) is 11.2 Å². The predicted molar refractivity (Wildman–Crippen MR) is 81.6 cm³/mol. The number of carbonyl (C=O) groups is 1. The fourth-order valence-corrected chi connectivity index (χ4v) is 2.69. The number of aryl methyl sites for hydroxylation is 1. The van der Waals surface area contributed by atoms with Gasteiger partial charge in [0.15, 0.2) is 0 Å². The Morgan fingerprint density at radius 3 is 2.57 bits per heavy atom. The number of carboxylic acids is 1. The standard InChI is InChI=1S/C18H18O3/c1-12-2-4-13(5-3-12)14-6-7-17-16(10-14)11-15(18(19)20)8-9-21-17/h2-7,10,15H,8-9,11H2,1H3,(H,19,20). The van der Waals surface area contributed by atoms with E-state index in [9.17, 15) is 9.90 Å². The third kappa shape index (κ3) is 2.92. The van der Waals surface area contributed by atoms with Crippen molar-refractivity contribution in [3.8, 4) is 16.9 Å². The minimum Gasteiger partial charge on any atom is -0.493 e. The molecule has 108 valence electrons. The summed E-state index contributed by atoms with van der Waals surface area (Å²) in [5.74, 6) is -0.290. The van der Waals surface area contributed by atoms with E-state index in [-0.39, 0.29) is 5.92 Å². The minimum absolute atomic E-state index is 0.362. The Bertz CT molecular complexity index is 659. The quantitative estimate of drug-likeness (QED) is 0.913. The lowest BCUT2D eigenvalue weighted by Crippen LogP contribution is -2.16. The van der Waals surface area contributed by atoms with Crippen LogP contribution in [0.1, 0.15) is 17.5 Å². The fourth-order valence-electron chi connectivity index (χ4n) is 2.69. The summed E-state index contributed by atoms with van der Waals surface area (Å²) in [6.45, 7) is 2.53. The maximum atomic E-state index is 11.3. The molecule has 1 unspecified atom stereocenters. The molecule has 0 amide bonds. The second-order valence-corrected chi connectivity index (χ2v) is 5.56. The number of ether oxygens (including phenoxy) is 1. The maximum absolute atomic E-state index is 11.3. The average molecular weight is 282 g/mol. The summed E-state index contributed by atoms with van der Waals surface area (Å²) < 4.78 is 5.68. The Kier molecular flexibility index (Phi) is 3.65. The van der Waals surface area contributed by atoms with Crippen LogP contribution in [0, 0.1) is 12.8 Å². The Balaban J connectivity index is 1.96. The van der Waals surface area contributed by atoms with Crippen molar-refractivity contribution in [1.82, 2.24) is 0 Å². The van der Waals surface area contributed by atoms with Gasteiger partial charge in [-0.05, 0) is 48.6 Å². The Morgan fingerprint density at radius 2 is 1.86 bits per heavy atom. The molecule has 1 aliphatic heterocycles. The molecule has 3 nitrogen and oxygen atoms in total. The van der Waals surface area contributed by atoms with Crippen molar-refractivity contribution in [3.05, 3.63) is 53.6 Å². The molecule has 0 radical (unpaired) electrons. The number of benzene rings is 2. The smallest absolute Gasteiger partial charge is 0.306 e. The lowest BCUT2D eigenvalue weighted by molar-refractivity contribution is -0.142. The van der Waals surface area contributed by atoms with Crippen molar-refractivity contribution in [2.24, 2.45) is 5.92 Å². The molecule has 1 atom stereocenters. The van der Waals surface area contributed by atoms with Gasteiger partial charge in [0.05, 0.1) is 12.5 Å². The predicted octanol–water partition coefficient (Wildman–Crippen LogP) is 3.69. The van der Waals surface area contributed by atoms with Crippen LogP contribution in [0.15, 0.2) is 42.5 Å². The molecule has 1 heterocycles. The SMILES string of the molecule is Cc1ccc(-c2ccc3c(c2)CC(C(=O)O)CCO3)cc1. The van der Waals surface area contributed by atoms with E-state index < -0.39 is 5.97 Å².